The van der Waals surface area contributed by atoms with E-state index in [1.807, 2.05) is 0 Å². The maximum absolute atomic E-state index is 12.9. The third-order valence-electron chi connectivity index (χ3n) is 3.10. The van der Waals surface area contributed by atoms with Crippen LogP contribution in [-0.4, -0.2) is 37.0 Å². The number of alkyl halides is 3. The van der Waals surface area contributed by atoms with Crippen molar-refractivity contribution in [2.24, 2.45) is 0 Å². The number of likely N-dealkylation sites (N-methyl/N-ethyl adjacent to an activating group) is 1. The summed E-state index contributed by atoms with van der Waals surface area (Å²) in [6.45, 7) is 4.92. The van der Waals surface area contributed by atoms with Crippen molar-refractivity contribution < 1.29 is 32.2 Å². The van der Waals surface area contributed by atoms with Gasteiger partial charge in [0, 0.05) is 12.6 Å². The minimum atomic E-state index is -4.58. The lowest BCUT2D eigenvalue weighted by Gasteiger charge is -2.29. The van der Waals surface area contributed by atoms with Crippen LogP contribution in [0.2, 0.25) is 0 Å². The van der Waals surface area contributed by atoms with Crippen LogP contribution in [0.1, 0.15) is 37.9 Å². The maximum Gasteiger partial charge on any atom is 0.416 e. The molecule has 0 saturated heterocycles. The van der Waals surface area contributed by atoms with Crippen LogP contribution in [0, 0.1) is 0 Å². The second-order valence-electron chi connectivity index (χ2n) is 6.13. The predicted molar refractivity (Wildman–Crippen MR) is 80.8 cm³/mol. The molecule has 24 heavy (non-hydrogen) atoms. The van der Waals surface area contributed by atoms with E-state index in [2.05, 4.69) is 0 Å². The number of methoxy groups -OCH3 is 1. The van der Waals surface area contributed by atoms with Crippen molar-refractivity contribution in [3.05, 3.63) is 29.3 Å². The maximum atomic E-state index is 12.9. The number of carbonyl (C=O) groups excluding carboxylic acids is 2. The topological polar surface area (TPSA) is 55.8 Å². The van der Waals surface area contributed by atoms with E-state index >= 15 is 0 Å². The monoisotopic (exact) mass is 347 g/mol. The Labute approximate surface area is 138 Å². The molecule has 1 aromatic carbocycles. The van der Waals surface area contributed by atoms with Crippen molar-refractivity contribution >= 4 is 12.4 Å². The summed E-state index contributed by atoms with van der Waals surface area (Å²) in [5.41, 5.74) is -1.82. The predicted octanol–water partition coefficient (Wildman–Crippen LogP) is 3.82. The average Bonchev–Trinajstić information content (AvgIpc) is 2.45. The summed E-state index contributed by atoms with van der Waals surface area (Å²) < 4.78 is 48.9. The first-order chi connectivity index (χ1) is 10.9. The molecule has 0 aliphatic heterocycles. The van der Waals surface area contributed by atoms with E-state index in [4.69, 9.17) is 9.47 Å². The van der Waals surface area contributed by atoms with Gasteiger partial charge in [0.05, 0.1) is 12.7 Å². The molecule has 0 fully saturated rings. The molecule has 8 heteroatoms. The first-order valence-corrected chi connectivity index (χ1v) is 7.07. The molecular formula is C16H20F3NO4. The molecule has 1 rings (SSSR count). The van der Waals surface area contributed by atoms with E-state index in [-0.39, 0.29) is 11.3 Å². The summed E-state index contributed by atoms with van der Waals surface area (Å²) in [6.07, 6.45) is -5.06. The largest absolute Gasteiger partial charge is 0.496 e. The van der Waals surface area contributed by atoms with E-state index < -0.39 is 29.5 Å². The van der Waals surface area contributed by atoms with E-state index in [1.54, 1.807) is 20.8 Å². The summed E-state index contributed by atoms with van der Waals surface area (Å²) in [7, 11) is 2.54. The van der Waals surface area contributed by atoms with Crippen LogP contribution in [0.5, 0.6) is 5.75 Å². The highest BCUT2D eigenvalue weighted by Gasteiger charge is 2.34. The Morgan fingerprint density at radius 3 is 2.25 bits per heavy atom. The fourth-order valence-electron chi connectivity index (χ4n) is 1.96. The summed E-state index contributed by atoms with van der Waals surface area (Å²) in [5, 5.41) is 0. The fourth-order valence-corrected chi connectivity index (χ4v) is 1.96. The van der Waals surface area contributed by atoms with Gasteiger partial charge in [0.25, 0.3) is 0 Å². The molecule has 5 nitrogen and oxygen atoms in total. The molecule has 0 N–H and O–H groups in total. The minimum Gasteiger partial charge on any atom is -0.496 e. The summed E-state index contributed by atoms with van der Waals surface area (Å²) in [6, 6.07) is 1.46. The van der Waals surface area contributed by atoms with Gasteiger partial charge in [-0.25, -0.2) is 4.79 Å². The standard InChI is InChI=1S/C16H20F3NO4/c1-15(2,3)24-14(22)20(4)12(9-21)11-8-10(16(17,18)19)6-7-13(11)23-5/h6-9,12H,1-5H3. The first-order valence-electron chi connectivity index (χ1n) is 7.07. The average molecular weight is 347 g/mol. The summed E-state index contributed by atoms with van der Waals surface area (Å²) >= 11 is 0. The van der Waals surface area contributed by atoms with Crippen LogP contribution in [-0.2, 0) is 15.7 Å². The number of benzene rings is 1. The molecule has 134 valence electrons. The highest BCUT2D eigenvalue weighted by molar-refractivity contribution is 5.75. The molecule has 1 atom stereocenters. The van der Waals surface area contributed by atoms with Crippen molar-refractivity contribution in [3.63, 3.8) is 0 Å². The lowest BCUT2D eigenvalue weighted by Crippen LogP contribution is -2.37. The van der Waals surface area contributed by atoms with Gasteiger partial charge >= 0.3 is 12.3 Å². The Hall–Kier alpha value is -2.25. The number of hydrogen-bond donors (Lipinski definition) is 0. The minimum absolute atomic E-state index is 0.0653. The zero-order chi connectivity index (χ0) is 18.7. The second kappa shape index (κ2) is 7.11. The number of amides is 1. The third-order valence-corrected chi connectivity index (χ3v) is 3.10. The molecule has 1 aromatic rings. The molecule has 0 spiro atoms. The highest BCUT2D eigenvalue weighted by atomic mass is 19.4. The fraction of sp³-hybridized carbons (Fsp3) is 0.500. The highest BCUT2D eigenvalue weighted by Crippen LogP contribution is 2.36. The number of halogens is 3. The van der Waals surface area contributed by atoms with Crippen LogP contribution >= 0.6 is 0 Å². The third kappa shape index (κ3) is 4.87. The Kier molecular flexibility index (Phi) is 5.86. The van der Waals surface area contributed by atoms with Crippen LogP contribution in [0.25, 0.3) is 0 Å². The van der Waals surface area contributed by atoms with E-state index in [0.717, 1.165) is 23.1 Å². The van der Waals surface area contributed by atoms with Gasteiger partial charge in [0.15, 0.2) is 0 Å². The molecule has 0 bridgehead atoms. The first kappa shape index (κ1) is 19.8. The molecule has 0 radical (unpaired) electrons. The Morgan fingerprint density at radius 1 is 1.25 bits per heavy atom. The molecule has 0 saturated carbocycles. The van der Waals surface area contributed by atoms with Gasteiger partial charge in [-0.2, -0.15) is 13.2 Å². The van der Waals surface area contributed by atoms with Crippen molar-refractivity contribution in [2.45, 2.75) is 38.6 Å². The van der Waals surface area contributed by atoms with Crippen LogP contribution in [0.3, 0.4) is 0 Å². The van der Waals surface area contributed by atoms with Crippen molar-refractivity contribution in [3.8, 4) is 5.75 Å². The number of hydrogen-bond acceptors (Lipinski definition) is 4. The Morgan fingerprint density at radius 2 is 1.83 bits per heavy atom. The number of aldehydes is 1. The van der Waals surface area contributed by atoms with Crippen LogP contribution in [0.4, 0.5) is 18.0 Å². The van der Waals surface area contributed by atoms with Gasteiger partial charge in [0.2, 0.25) is 0 Å². The molecular weight excluding hydrogens is 327 g/mol. The quantitative estimate of drug-likeness (QED) is 0.777. The molecule has 0 aromatic heterocycles. The van der Waals surface area contributed by atoms with E-state index in [1.165, 1.54) is 14.2 Å². The van der Waals surface area contributed by atoms with Crippen LogP contribution < -0.4 is 4.74 Å². The normalized spacial score (nSPS) is 13.2. The number of nitrogens with zero attached hydrogens (tertiary/aromatic N) is 1. The van der Waals surface area contributed by atoms with E-state index in [9.17, 15) is 22.8 Å². The smallest absolute Gasteiger partial charge is 0.416 e. The SMILES string of the molecule is COc1ccc(C(F)(F)F)cc1C(C=O)N(C)C(=O)OC(C)(C)C. The molecule has 0 heterocycles. The van der Waals surface area contributed by atoms with Gasteiger partial charge < -0.3 is 14.3 Å². The summed E-state index contributed by atoms with van der Waals surface area (Å²) in [4.78, 5) is 24.5. The van der Waals surface area contributed by atoms with Gasteiger partial charge in [0.1, 0.15) is 23.7 Å². The zero-order valence-electron chi connectivity index (χ0n) is 14.1. The van der Waals surface area contributed by atoms with Crippen LogP contribution in [0.15, 0.2) is 18.2 Å². The number of ether oxygens (including phenoxy) is 2. The zero-order valence-corrected chi connectivity index (χ0v) is 14.1. The van der Waals surface area contributed by atoms with Crippen molar-refractivity contribution in [2.75, 3.05) is 14.2 Å². The molecule has 0 aliphatic rings. The van der Waals surface area contributed by atoms with Gasteiger partial charge in [-0.1, -0.05) is 0 Å². The van der Waals surface area contributed by atoms with Crippen molar-refractivity contribution in [1.82, 2.24) is 4.90 Å². The molecule has 1 unspecified atom stereocenters. The van der Waals surface area contributed by atoms with Gasteiger partial charge in [-0.15, -0.1) is 0 Å². The molecule has 1 amide bonds. The number of rotatable bonds is 4. The summed E-state index contributed by atoms with van der Waals surface area (Å²) in [5.74, 6) is 0.0653. The second-order valence-corrected chi connectivity index (χ2v) is 6.13. The lowest BCUT2D eigenvalue weighted by atomic mass is 10.0. The Bertz CT molecular complexity index is 608. The van der Waals surface area contributed by atoms with Gasteiger partial charge in [-0.3, -0.25) is 4.90 Å². The Balaban J connectivity index is 3.28. The van der Waals surface area contributed by atoms with E-state index in [0.29, 0.717) is 6.29 Å². The lowest BCUT2D eigenvalue weighted by molar-refractivity contribution is -0.137. The van der Waals surface area contributed by atoms with Gasteiger partial charge in [-0.05, 0) is 39.0 Å². The van der Waals surface area contributed by atoms with Crippen molar-refractivity contribution in [1.29, 1.82) is 0 Å². The molecule has 0 aliphatic carbocycles. The number of carbonyl (C=O) groups is 2.